The summed E-state index contributed by atoms with van der Waals surface area (Å²) >= 11 is 0. The Balaban J connectivity index is 0.00000114. The molecular formula is C17H19N9O2. The first-order valence-corrected chi connectivity index (χ1v) is 8.40. The predicted molar refractivity (Wildman–Crippen MR) is 103 cm³/mol. The van der Waals surface area contributed by atoms with E-state index in [0.29, 0.717) is 39.5 Å². The molecule has 0 saturated carbocycles. The molecule has 0 bridgehead atoms. The van der Waals surface area contributed by atoms with E-state index in [9.17, 15) is 4.79 Å². The molecule has 0 unspecified atom stereocenters. The number of carbonyl (C=O) groups excluding carboxylic acids is 1. The molecule has 5 aromatic heterocycles. The third-order valence-corrected chi connectivity index (χ3v) is 4.28. The van der Waals surface area contributed by atoms with Crippen molar-refractivity contribution in [2.75, 3.05) is 0 Å². The lowest BCUT2D eigenvalue weighted by Crippen LogP contribution is -2.27. The summed E-state index contributed by atoms with van der Waals surface area (Å²) in [5.74, 6) is 0.652. The van der Waals surface area contributed by atoms with Crippen molar-refractivity contribution in [3.63, 3.8) is 0 Å². The summed E-state index contributed by atoms with van der Waals surface area (Å²) in [6.07, 6.45) is 6.11. The molecule has 0 aliphatic rings. The molecule has 5 aromatic rings. The smallest absolute Gasteiger partial charge is 0.271 e. The highest BCUT2D eigenvalue weighted by atomic mass is 16.5. The molecule has 28 heavy (non-hydrogen) atoms. The van der Waals surface area contributed by atoms with Crippen LogP contribution >= 0.6 is 0 Å². The van der Waals surface area contributed by atoms with Gasteiger partial charge < -0.3 is 19.8 Å². The number of nitrogens with zero attached hydrogens (tertiary/aromatic N) is 6. The average molecular weight is 381 g/mol. The minimum atomic E-state index is -0.429. The highest BCUT2D eigenvalue weighted by Gasteiger charge is 2.20. The van der Waals surface area contributed by atoms with Crippen LogP contribution in [0.2, 0.25) is 0 Å². The summed E-state index contributed by atoms with van der Waals surface area (Å²) in [6.45, 7) is 1.79. The Morgan fingerprint density at radius 2 is 2.21 bits per heavy atom. The molecule has 3 N–H and O–H groups in total. The molecule has 11 heteroatoms. The molecule has 144 valence electrons. The van der Waals surface area contributed by atoms with Gasteiger partial charge in [0.25, 0.3) is 5.91 Å². The number of nitrogens with one attached hydrogen (secondary N) is 3. The van der Waals surface area contributed by atoms with Crippen LogP contribution in [-0.2, 0) is 0 Å². The van der Waals surface area contributed by atoms with Crippen LogP contribution in [0.1, 0.15) is 33.5 Å². The maximum atomic E-state index is 12.6. The Hall–Kier alpha value is -4.15. The van der Waals surface area contributed by atoms with Gasteiger partial charge >= 0.3 is 0 Å². The van der Waals surface area contributed by atoms with Gasteiger partial charge in [0.1, 0.15) is 35.2 Å². The highest BCUT2D eigenvalue weighted by Crippen LogP contribution is 2.22. The van der Waals surface area contributed by atoms with Crippen LogP contribution in [0.4, 0.5) is 0 Å². The summed E-state index contributed by atoms with van der Waals surface area (Å²) in [5.41, 5.74) is 2.62. The zero-order valence-electron chi connectivity index (χ0n) is 14.5. The van der Waals surface area contributed by atoms with Gasteiger partial charge in [-0.2, -0.15) is 0 Å². The number of amides is 1. The van der Waals surface area contributed by atoms with Crippen molar-refractivity contribution in [1.29, 1.82) is 0 Å². The molecule has 11 nitrogen and oxygen atoms in total. The standard InChI is InChI=1S/C17H13N9O2.3H2/c1-8(23-17(27)13-9-2-3-19-14(9)22-7-20-13)12-4-10(26-28-12)16-24-11-5-18-6-21-15(11)25-16;;;/h2-8H,1H3,(H,23,27)(H,19,20,22)(H,18,21,24,25);3*1H/t8-;;;/m1.../s1. The fourth-order valence-corrected chi connectivity index (χ4v) is 2.88. The van der Waals surface area contributed by atoms with E-state index in [1.165, 1.54) is 12.7 Å². The zero-order valence-corrected chi connectivity index (χ0v) is 14.5. The summed E-state index contributed by atoms with van der Waals surface area (Å²) < 4.78 is 5.39. The van der Waals surface area contributed by atoms with Gasteiger partial charge in [-0.1, -0.05) is 5.16 Å². The number of hydrogen-bond donors (Lipinski definition) is 3. The first-order chi connectivity index (χ1) is 13.7. The zero-order chi connectivity index (χ0) is 19.1. The number of H-pyrrole nitrogens is 2. The van der Waals surface area contributed by atoms with E-state index in [2.05, 4.69) is 45.4 Å². The molecule has 0 saturated heterocycles. The second-order valence-electron chi connectivity index (χ2n) is 6.12. The summed E-state index contributed by atoms with van der Waals surface area (Å²) in [7, 11) is 0. The van der Waals surface area contributed by atoms with Gasteiger partial charge in [-0.3, -0.25) is 4.79 Å². The van der Waals surface area contributed by atoms with E-state index in [-0.39, 0.29) is 15.9 Å². The predicted octanol–water partition coefficient (Wildman–Crippen LogP) is 2.51. The number of rotatable bonds is 4. The molecule has 1 atom stereocenters. The van der Waals surface area contributed by atoms with Crippen LogP contribution in [0.5, 0.6) is 0 Å². The average Bonchev–Trinajstić information content (AvgIpc) is 3.45. The van der Waals surface area contributed by atoms with Gasteiger partial charge in [0.15, 0.2) is 17.2 Å². The maximum Gasteiger partial charge on any atom is 0.271 e. The Kier molecular flexibility index (Phi) is 3.57. The molecule has 0 aromatic carbocycles. The number of aromatic nitrogens is 8. The van der Waals surface area contributed by atoms with Crippen molar-refractivity contribution < 1.29 is 13.6 Å². The van der Waals surface area contributed by atoms with E-state index in [4.69, 9.17) is 4.52 Å². The summed E-state index contributed by atoms with van der Waals surface area (Å²) in [4.78, 5) is 39.2. The minimum absolute atomic E-state index is 0. The molecule has 5 heterocycles. The molecule has 0 radical (unpaired) electrons. The van der Waals surface area contributed by atoms with Gasteiger partial charge in [0.2, 0.25) is 0 Å². The van der Waals surface area contributed by atoms with E-state index in [0.717, 1.165) is 0 Å². The van der Waals surface area contributed by atoms with Crippen LogP contribution < -0.4 is 5.32 Å². The van der Waals surface area contributed by atoms with Gasteiger partial charge in [-0.05, 0) is 13.0 Å². The quantitative estimate of drug-likeness (QED) is 0.429. The van der Waals surface area contributed by atoms with Crippen molar-refractivity contribution in [1.82, 2.24) is 45.4 Å². The highest BCUT2D eigenvalue weighted by molar-refractivity contribution is 6.03. The Bertz CT molecular complexity index is 1280. The lowest BCUT2D eigenvalue weighted by Gasteiger charge is -2.10. The monoisotopic (exact) mass is 381 g/mol. The Labute approximate surface area is 161 Å². The topological polar surface area (TPSA) is 151 Å². The van der Waals surface area contributed by atoms with Crippen molar-refractivity contribution in [2.24, 2.45) is 0 Å². The number of fused-ring (bicyclic) bond motifs is 2. The van der Waals surface area contributed by atoms with Crippen molar-refractivity contribution in [3.05, 3.63) is 48.6 Å². The summed E-state index contributed by atoms with van der Waals surface area (Å²) in [5, 5.41) is 7.53. The third kappa shape index (κ3) is 2.65. The van der Waals surface area contributed by atoms with E-state index in [1.54, 1.807) is 31.5 Å². The second kappa shape index (κ2) is 6.23. The number of aromatic amines is 2. The van der Waals surface area contributed by atoms with Crippen LogP contribution in [0, 0.1) is 0 Å². The Morgan fingerprint density at radius 1 is 1.29 bits per heavy atom. The molecular weight excluding hydrogens is 362 g/mol. The molecule has 0 fully saturated rings. The molecule has 0 aliphatic carbocycles. The Morgan fingerprint density at radius 3 is 3.11 bits per heavy atom. The molecule has 0 aliphatic heterocycles. The fourth-order valence-electron chi connectivity index (χ4n) is 2.88. The number of carbonyl (C=O) groups is 1. The number of imidazole rings is 1. The maximum absolute atomic E-state index is 12.6. The van der Waals surface area contributed by atoms with Crippen molar-refractivity contribution in [3.8, 4) is 11.5 Å². The lowest BCUT2D eigenvalue weighted by molar-refractivity contribution is 0.0930. The van der Waals surface area contributed by atoms with Gasteiger partial charge in [0.05, 0.1) is 17.6 Å². The lowest BCUT2D eigenvalue weighted by atomic mass is 10.2. The largest absolute Gasteiger partial charge is 0.358 e. The summed E-state index contributed by atoms with van der Waals surface area (Å²) in [6, 6.07) is 3.04. The van der Waals surface area contributed by atoms with Crippen LogP contribution in [0.15, 0.2) is 41.7 Å². The van der Waals surface area contributed by atoms with Crippen LogP contribution in [0.3, 0.4) is 0 Å². The molecule has 5 rings (SSSR count). The van der Waals surface area contributed by atoms with Gasteiger partial charge in [-0.15, -0.1) is 0 Å². The second-order valence-corrected chi connectivity index (χ2v) is 6.12. The normalized spacial score (nSPS) is 12.5. The van der Waals surface area contributed by atoms with Crippen molar-refractivity contribution in [2.45, 2.75) is 13.0 Å². The van der Waals surface area contributed by atoms with Gasteiger partial charge in [-0.25, -0.2) is 24.9 Å². The number of hydrogen-bond acceptors (Lipinski definition) is 8. The molecule has 0 spiro atoms. The fraction of sp³-hybridized carbons (Fsp3) is 0.118. The van der Waals surface area contributed by atoms with E-state index < -0.39 is 6.04 Å². The van der Waals surface area contributed by atoms with Crippen molar-refractivity contribution >= 4 is 28.1 Å². The minimum Gasteiger partial charge on any atom is -0.358 e. The van der Waals surface area contributed by atoms with E-state index in [1.807, 2.05) is 0 Å². The van der Waals surface area contributed by atoms with E-state index >= 15 is 0 Å². The molecule has 1 amide bonds. The van der Waals surface area contributed by atoms with Gasteiger partial charge in [0, 0.05) is 16.5 Å². The SMILES string of the molecule is C[C@@H](NC(=O)c1ncnc2[nH]ccc12)c1cc(-c2nc3ncncc3[nH]2)no1.[HH].[HH].[HH]. The first kappa shape index (κ1) is 16.1. The first-order valence-electron chi connectivity index (χ1n) is 8.40. The van der Waals surface area contributed by atoms with Crippen LogP contribution in [0.25, 0.3) is 33.7 Å². The third-order valence-electron chi connectivity index (χ3n) is 4.28. The van der Waals surface area contributed by atoms with Crippen LogP contribution in [-0.4, -0.2) is 46.0 Å².